The first kappa shape index (κ1) is 12.9. The summed E-state index contributed by atoms with van der Waals surface area (Å²) in [5.74, 6) is 0.593. The Morgan fingerprint density at radius 2 is 2.11 bits per heavy atom. The van der Waals surface area contributed by atoms with Crippen LogP contribution in [0.4, 0.5) is 5.69 Å². The second-order valence-corrected chi connectivity index (χ2v) is 4.79. The summed E-state index contributed by atoms with van der Waals surface area (Å²) in [7, 11) is 1.64. The van der Waals surface area contributed by atoms with Gasteiger partial charge in [0.25, 0.3) is 0 Å². The summed E-state index contributed by atoms with van der Waals surface area (Å²) in [6.07, 6.45) is 0. The van der Waals surface area contributed by atoms with E-state index >= 15 is 0 Å². The van der Waals surface area contributed by atoms with Gasteiger partial charge in [0, 0.05) is 10.3 Å². The van der Waals surface area contributed by atoms with Gasteiger partial charge < -0.3 is 10.1 Å². The molecule has 0 aliphatic carbocycles. The lowest BCUT2D eigenvalue weighted by atomic mass is 10.2. The van der Waals surface area contributed by atoms with E-state index in [0.29, 0.717) is 0 Å². The van der Waals surface area contributed by atoms with Gasteiger partial charge in [-0.3, -0.25) is 4.79 Å². The maximum absolute atomic E-state index is 11.2. The number of carbonyl (C=O) groups is 1. The number of benzene rings is 1. The molecule has 0 unspecified atom stereocenters. The minimum absolute atomic E-state index is 0.0340. The largest absolute Gasteiger partial charge is 0.497 e. The van der Waals surface area contributed by atoms with Gasteiger partial charge in [-0.1, -0.05) is 0 Å². The quantitative estimate of drug-likeness (QED) is 0.870. The highest BCUT2D eigenvalue weighted by Crippen LogP contribution is 2.30. The predicted molar refractivity (Wildman–Crippen MR) is 75.7 cm³/mol. The summed E-state index contributed by atoms with van der Waals surface area (Å²) in [6, 6.07) is 9.71. The average molecular weight is 282 g/mol. The molecule has 1 N–H and O–H groups in total. The second kappa shape index (κ2) is 5.89. The van der Waals surface area contributed by atoms with Gasteiger partial charge in [0.1, 0.15) is 11.6 Å². The molecule has 0 spiro atoms. The lowest BCUT2D eigenvalue weighted by Crippen LogP contribution is -2.11. The highest BCUT2D eigenvalue weighted by Gasteiger charge is 2.05. The molecule has 1 heterocycles. The Kier molecular flexibility index (Phi) is 4.23. The summed E-state index contributed by atoms with van der Waals surface area (Å²) in [5, 5.41) is 4.61. The first-order valence-corrected chi connectivity index (χ1v) is 6.73. The molecule has 0 fully saturated rings. The molecule has 0 atom stereocenters. The van der Waals surface area contributed by atoms with Crippen LogP contribution in [0.2, 0.25) is 0 Å². The summed E-state index contributed by atoms with van der Waals surface area (Å²) in [6.45, 7) is 0. The average Bonchev–Trinajstić information content (AvgIpc) is 2.87. The Morgan fingerprint density at radius 1 is 1.39 bits per heavy atom. The Morgan fingerprint density at radius 3 is 2.72 bits per heavy atom. The molecule has 0 aliphatic rings. The SMILES string of the molecule is COc1ccc(-c2cc(NC(=O)CCl)cs2)cc1. The van der Waals surface area contributed by atoms with Gasteiger partial charge in [0.05, 0.1) is 12.8 Å². The minimum atomic E-state index is -0.198. The van der Waals surface area contributed by atoms with Gasteiger partial charge in [-0.2, -0.15) is 0 Å². The van der Waals surface area contributed by atoms with Gasteiger partial charge >= 0.3 is 0 Å². The highest BCUT2D eigenvalue weighted by molar-refractivity contribution is 7.14. The lowest BCUT2D eigenvalue weighted by Gasteiger charge is -2.01. The van der Waals surface area contributed by atoms with Crippen LogP contribution in [0, 0.1) is 0 Å². The van der Waals surface area contributed by atoms with Crippen LogP contribution in [0.15, 0.2) is 35.7 Å². The Bertz CT molecular complexity index is 536. The zero-order valence-corrected chi connectivity index (χ0v) is 11.3. The van der Waals surface area contributed by atoms with E-state index in [1.165, 1.54) is 0 Å². The highest BCUT2D eigenvalue weighted by atomic mass is 35.5. The fourth-order valence-electron chi connectivity index (χ4n) is 1.50. The van der Waals surface area contributed by atoms with Crippen LogP contribution in [0.1, 0.15) is 0 Å². The first-order chi connectivity index (χ1) is 8.72. The molecular formula is C13H12ClNO2S. The zero-order valence-electron chi connectivity index (χ0n) is 9.77. The molecule has 1 amide bonds. The number of methoxy groups -OCH3 is 1. The smallest absolute Gasteiger partial charge is 0.239 e. The van der Waals surface area contributed by atoms with Crippen molar-refractivity contribution >= 4 is 34.5 Å². The number of halogens is 1. The van der Waals surface area contributed by atoms with E-state index in [4.69, 9.17) is 16.3 Å². The van der Waals surface area contributed by atoms with Crippen LogP contribution in [0.3, 0.4) is 0 Å². The van der Waals surface area contributed by atoms with Gasteiger partial charge in [0.15, 0.2) is 0 Å². The Labute approximate surface area is 114 Å². The van der Waals surface area contributed by atoms with Crippen LogP contribution >= 0.6 is 22.9 Å². The summed E-state index contributed by atoms with van der Waals surface area (Å²) in [4.78, 5) is 12.2. The van der Waals surface area contributed by atoms with E-state index in [9.17, 15) is 4.79 Å². The van der Waals surface area contributed by atoms with E-state index in [1.807, 2.05) is 35.7 Å². The number of rotatable bonds is 4. The maximum atomic E-state index is 11.2. The fraction of sp³-hybridized carbons (Fsp3) is 0.154. The van der Waals surface area contributed by atoms with Crippen molar-refractivity contribution in [3.63, 3.8) is 0 Å². The molecule has 3 nitrogen and oxygen atoms in total. The number of thiophene rings is 1. The van der Waals surface area contributed by atoms with Crippen molar-refractivity contribution in [1.82, 2.24) is 0 Å². The van der Waals surface area contributed by atoms with Crippen molar-refractivity contribution < 1.29 is 9.53 Å². The number of carbonyl (C=O) groups excluding carboxylic acids is 1. The molecule has 1 aromatic carbocycles. The normalized spacial score (nSPS) is 10.1. The number of nitrogens with one attached hydrogen (secondary N) is 1. The van der Waals surface area contributed by atoms with Crippen molar-refractivity contribution in [2.24, 2.45) is 0 Å². The molecule has 2 rings (SSSR count). The molecule has 94 valence electrons. The third-order valence-electron chi connectivity index (χ3n) is 2.38. The monoisotopic (exact) mass is 281 g/mol. The molecule has 0 aliphatic heterocycles. The number of anilines is 1. The predicted octanol–water partition coefficient (Wildman–Crippen LogP) is 3.60. The number of hydrogen-bond acceptors (Lipinski definition) is 3. The summed E-state index contributed by atoms with van der Waals surface area (Å²) in [5.41, 5.74) is 1.86. The van der Waals surface area contributed by atoms with Crippen molar-refractivity contribution in [2.45, 2.75) is 0 Å². The van der Waals surface area contributed by atoms with E-state index in [1.54, 1.807) is 18.4 Å². The molecule has 0 radical (unpaired) electrons. The van der Waals surface area contributed by atoms with Crippen molar-refractivity contribution in [3.05, 3.63) is 35.7 Å². The fourth-order valence-corrected chi connectivity index (χ4v) is 2.42. The number of alkyl halides is 1. The van der Waals surface area contributed by atoms with Crippen LogP contribution in [0.5, 0.6) is 5.75 Å². The van der Waals surface area contributed by atoms with Gasteiger partial charge in [-0.15, -0.1) is 22.9 Å². The van der Waals surface area contributed by atoms with E-state index in [-0.39, 0.29) is 11.8 Å². The minimum Gasteiger partial charge on any atom is -0.497 e. The number of hydrogen-bond donors (Lipinski definition) is 1. The van der Waals surface area contributed by atoms with E-state index in [2.05, 4.69) is 5.32 Å². The topological polar surface area (TPSA) is 38.3 Å². The molecule has 1 aromatic heterocycles. The van der Waals surface area contributed by atoms with Crippen LogP contribution in [-0.4, -0.2) is 18.9 Å². The molecule has 0 saturated heterocycles. The van der Waals surface area contributed by atoms with Crippen molar-refractivity contribution in [3.8, 4) is 16.2 Å². The van der Waals surface area contributed by atoms with Crippen LogP contribution in [-0.2, 0) is 4.79 Å². The molecule has 0 saturated carbocycles. The molecular weight excluding hydrogens is 270 g/mol. The lowest BCUT2D eigenvalue weighted by molar-refractivity contribution is -0.113. The third-order valence-corrected chi connectivity index (χ3v) is 3.60. The first-order valence-electron chi connectivity index (χ1n) is 5.31. The van der Waals surface area contributed by atoms with Gasteiger partial charge in [0.2, 0.25) is 5.91 Å². The molecule has 5 heteroatoms. The summed E-state index contributed by atoms with van der Waals surface area (Å²) >= 11 is 7.01. The van der Waals surface area contributed by atoms with Crippen LogP contribution in [0.25, 0.3) is 10.4 Å². The number of ether oxygens (including phenoxy) is 1. The summed E-state index contributed by atoms with van der Waals surface area (Å²) < 4.78 is 5.11. The Hall–Kier alpha value is -1.52. The van der Waals surface area contributed by atoms with E-state index in [0.717, 1.165) is 21.9 Å². The maximum Gasteiger partial charge on any atom is 0.239 e. The van der Waals surface area contributed by atoms with Crippen molar-refractivity contribution in [2.75, 3.05) is 18.3 Å². The Balaban J connectivity index is 2.15. The van der Waals surface area contributed by atoms with Gasteiger partial charge in [-0.25, -0.2) is 0 Å². The molecule has 2 aromatic rings. The number of amides is 1. The second-order valence-electron chi connectivity index (χ2n) is 3.61. The zero-order chi connectivity index (χ0) is 13.0. The third kappa shape index (κ3) is 3.03. The van der Waals surface area contributed by atoms with Crippen LogP contribution < -0.4 is 10.1 Å². The van der Waals surface area contributed by atoms with E-state index < -0.39 is 0 Å². The van der Waals surface area contributed by atoms with Crippen molar-refractivity contribution in [1.29, 1.82) is 0 Å². The molecule has 18 heavy (non-hydrogen) atoms. The van der Waals surface area contributed by atoms with Gasteiger partial charge in [-0.05, 0) is 35.9 Å². The molecule has 0 bridgehead atoms. The standard InChI is InChI=1S/C13H12ClNO2S/c1-17-11-4-2-9(3-5-11)12-6-10(8-18-12)15-13(16)7-14/h2-6,8H,7H2,1H3,(H,15,16).